The van der Waals surface area contributed by atoms with Crippen LogP contribution in [0.3, 0.4) is 0 Å². The van der Waals surface area contributed by atoms with Gasteiger partial charge in [-0.2, -0.15) is 5.10 Å². The molecule has 140 valence electrons. The van der Waals surface area contributed by atoms with Crippen LogP contribution in [0.2, 0.25) is 0 Å². The Morgan fingerprint density at radius 3 is 2.74 bits per heavy atom. The number of anilines is 1. The molecule has 0 radical (unpaired) electrons. The van der Waals surface area contributed by atoms with Crippen LogP contribution in [0.4, 0.5) is 5.82 Å². The second-order valence-electron chi connectivity index (χ2n) is 7.23. The number of aromatic nitrogens is 5. The van der Waals surface area contributed by atoms with Crippen molar-refractivity contribution in [2.75, 3.05) is 5.32 Å². The summed E-state index contributed by atoms with van der Waals surface area (Å²) in [6.45, 7) is 6.69. The molecule has 4 rings (SSSR count). The summed E-state index contributed by atoms with van der Waals surface area (Å²) in [5, 5.41) is 7.84. The van der Waals surface area contributed by atoms with E-state index in [1.54, 1.807) is 6.33 Å². The summed E-state index contributed by atoms with van der Waals surface area (Å²) in [6.07, 6.45) is 2.32. The SMILES string of the molecule is Cc1nc2c(c(N[C@@H](c3ncnn3C)C(C)C)n1)Cc1ccccc1OC2. The van der Waals surface area contributed by atoms with Crippen LogP contribution in [0.5, 0.6) is 5.75 Å². The lowest BCUT2D eigenvalue weighted by Crippen LogP contribution is -2.23. The number of fused-ring (bicyclic) bond motifs is 2. The highest BCUT2D eigenvalue weighted by Gasteiger charge is 2.25. The third-order valence-electron chi connectivity index (χ3n) is 4.89. The summed E-state index contributed by atoms with van der Waals surface area (Å²) in [4.78, 5) is 13.8. The van der Waals surface area contributed by atoms with Crippen LogP contribution in [-0.4, -0.2) is 24.7 Å². The van der Waals surface area contributed by atoms with Gasteiger partial charge in [-0.1, -0.05) is 32.0 Å². The molecule has 2 aromatic heterocycles. The Hall–Kier alpha value is -2.96. The molecule has 0 bridgehead atoms. The maximum atomic E-state index is 5.98. The number of nitrogens with zero attached hydrogens (tertiary/aromatic N) is 5. The zero-order chi connectivity index (χ0) is 19.0. The van der Waals surface area contributed by atoms with Crippen molar-refractivity contribution in [1.82, 2.24) is 24.7 Å². The molecule has 1 aromatic carbocycles. The van der Waals surface area contributed by atoms with Gasteiger partial charge in [0.15, 0.2) is 0 Å². The Morgan fingerprint density at radius 2 is 2.00 bits per heavy atom. The topological polar surface area (TPSA) is 77.8 Å². The summed E-state index contributed by atoms with van der Waals surface area (Å²) in [7, 11) is 1.91. The summed E-state index contributed by atoms with van der Waals surface area (Å²) >= 11 is 0. The molecule has 0 aliphatic carbocycles. The third-order valence-corrected chi connectivity index (χ3v) is 4.89. The van der Waals surface area contributed by atoms with Gasteiger partial charge in [-0.05, 0) is 24.5 Å². The van der Waals surface area contributed by atoms with E-state index in [4.69, 9.17) is 9.72 Å². The summed E-state index contributed by atoms with van der Waals surface area (Å²) in [5.41, 5.74) is 3.16. The van der Waals surface area contributed by atoms with Crippen LogP contribution in [0.25, 0.3) is 0 Å². The molecule has 0 spiro atoms. The number of ether oxygens (including phenoxy) is 1. The van der Waals surface area contributed by atoms with Crippen molar-refractivity contribution in [3.8, 4) is 5.75 Å². The van der Waals surface area contributed by atoms with E-state index in [1.807, 2.05) is 36.9 Å². The number of rotatable bonds is 4. The highest BCUT2D eigenvalue weighted by Crippen LogP contribution is 2.33. The molecule has 3 aromatic rings. The largest absolute Gasteiger partial charge is 0.487 e. The maximum Gasteiger partial charge on any atom is 0.149 e. The van der Waals surface area contributed by atoms with E-state index in [2.05, 4.69) is 40.3 Å². The fourth-order valence-electron chi connectivity index (χ4n) is 3.47. The smallest absolute Gasteiger partial charge is 0.149 e. The number of benzene rings is 1. The minimum absolute atomic E-state index is 0.00434. The van der Waals surface area contributed by atoms with Gasteiger partial charge in [0, 0.05) is 19.0 Å². The van der Waals surface area contributed by atoms with Crippen molar-refractivity contribution in [2.24, 2.45) is 13.0 Å². The molecule has 0 fully saturated rings. The van der Waals surface area contributed by atoms with Gasteiger partial charge in [0.2, 0.25) is 0 Å². The lowest BCUT2D eigenvalue weighted by atomic mass is 10.0. The van der Waals surface area contributed by atoms with Crippen LogP contribution < -0.4 is 10.1 Å². The fourth-order valence-corrected chi connectivity index (χ4v) is 3.47. The normalized spacial score (nSPS) is 14.1. The van der Waals surface area contributed by atoms with Gasteiger partial charge in [-0.15, -0.1) is 0 Å². The van der Waals surface area contributed by atoms with Gasteiger partial charge < -0.3 is 10.1 Å². The summed E-state index contributed by atoms with van der Waals surface area (Å²) in [5.74, 6) is 3.69. The first kappa shape index (κ1) is 17.5. The molecule has 7 heteroatoms. The van der Waals surface area contributed by atoms with Gasteiger partial charge in [-0.25, -0.2) is 15.0 Å². The Morgan fingerprint density at radius 1 is 1.19 bits per heavy atom. The molecular weight excluding hydrogens is 340 g/mol. The standard InChI is InChI=1S/C20H24N6O/c1-12(2)18(20-21-11-22-26(20)4)25-19-15-9-14-7-5-6-8-17(14)27-10-16(15)23-13(3)24-19/h5-8,11-12,18H,9-10H2,1-4H3,(H,23,24,25)/t18-/m1/s1. The fraction of sp³-hybridized carbons (Fsp3) is 0.400. The first-order chi connectivity index (χ1) is 13.0. The molecule has 0 saturated heterocycles. The van der Waals surface area contributed by atoms with E-state index in [-0.39, 0.29) is 6.04 Å². The average Bonchev–Trinajstić information content (AvgIpc) is 2.96. The molecule has 0 unspecified atom stereocenters. The monoisotopic (exact) mass is 364 g/mol. The Kier molecular flexibility index (Phi) is 4.51. The second-order valence-corrected chi connectivity index (χ2v) is 7.23. The molecular formula is C20H24N6O. The molecule has 7 nitrogen and oxygen atoms in total. The van der Waals surface area contributed by atoms with Crippen molar-refractivity contribution in [2.45, 2.75) is 39.8 Å². The molecule has 1 aliphatic rings. The van der Waals surface area contributed by atoms with Crippen LogP contribution in [0, 0.1) is 12.8 Å². The third kappa shape index (κ3) is 3.37. The zero-order valence-electron chi connectivity index (χ0n) is 16.1. The summed E-state index contributed by atoms with van der Waals surface area (Å²) < 4.78 is 7.79. The van der Waals surface area contributed by atoms with Crippen LogP contribution >= 0.6 is 0 Å². The van der Waals surface area contributed by atoms with Gasteiger partial charge >= 0.3 is 0 Å². The quantitative estimate of drug-likeness (QED) is 0.766. The number of nitrogens with one attached hydrogen (secondary N) is 1. The average molecular weight is 364 g/mol. The molecule has 27 heavy (non-hydrogen) atoms. The second kappa shape index (κ2) is 6.98. The van der Waals surface area contributed by atoms with Crippen LogP contribution in [-0.2, 0) is 20.1 Å². The van der Waals surface area contributed by atoms with Crippen molar-refractivity contribution >= 4 is 5.82 Å². The van der Waals surface area contributed by atoms with E-state index < -0.39 is 0 Å². The molecule has 0 saturated carbocycles. The van der Waals surface area contributed by atoms with Crippen molar-refractivity contribution in [3.05, 3.63) is 59.1 Å². The van der Waals surface area contributed by atoms with E-state index in [0.29, 0.717) is 12.5 Å². The van der Waals surface area contributed by atoms with Gasteiger partial charge in [-0.3, -0.25) is 4.68 Å². The van der Waals surface area contributed by atoms with Crippen LogP contribution in [0.1, 0.15) is 48.4 Å². The van der Waals surface area contributed by atoms with E-state index in [0.717, 1.165) is 46.5 Å². The van der Waals surface area contributed by atoms with Gasteiger partial charge in [0.05, 0.1) is 11.7 Å². The van der Waals surface area contributed by atoms with Crippen molar-refractivity contribution < 1.29 is 4.74 Å². The first-order valence-corrected chi connectivity index (χ1v) is 9.20. The number of aryl methyl sites for hydroxylation is 2. The Labute approximate surface area is 158 Å². The summed E-state index contributed by atoms with van der Waals surface area (Å²) in [6, 6.07) is 8.12. The van der Waals surface area contributed by atoms with Gasteiger partial charge in [0.25, 0.3) is 0 Å². The number of para-hydroxylation sites is 1. The van der Waals surface area contributed by atoms with E-state index >= 15 is 0 Å². The van der Waals surface area contributed by atoms with E-state index in [1.165, 1.54) is 0 Å². The minimum Gasteiger partial charge on any atom is -0.487 e. The lowest BCUT2D eigenvalue weighted by Gasteiger charge is -2.24. The maximum absolute atomic E-state index is 5.98. The van der Waals surface area contributed by atoms with Crippen LogP contribution in [0.15, 0.2) is 30.6 Å². The molecule has 1 atom stereocenters. The molecule has 1 aliphatic heterocycles. The Balaban J connectivity index is 1.76. The zero-order valence-corrected chi connectivity index (χ0v) is 16.1. The number of hydrogen-bond acceptors (Lipinski definition) is 6. The predicted molar refractivity (Wildman–Crippen MR) is 103 cm³/mol. The van der Waals surface area contributed by atoms with E-state index in [9.17, 15) is 0 Å². The number of hydrogen-bond donors (Lipinski definition) is 1. The highest BCUT2D eigenvalue weighted by molar-refractivity contribution is 5.53. The predicted octanol–water partition coefficient (Wildman–Crippen LogP) is 3.21. The van der Waals surface area contributed by atoms with Crippen molar-refractivity contribution in [3.63, 3.8) is 0 Å². The first-order valence-electron chi connectivity index (χ1n) is 9.20. The van der Waals surface area contributed by atoms with Crippen molar-refractivity contribution in [1.29, 1.82) is 0 Å². The minimum atomic E-state index is -0.00434. The molecule has 0 amide bonds. The highest BCUT2D eigenvalue weighted by atomic mass is 16.5. The molecule has 1 N–H and O–H groups in total. The Bertz CT molecular complexity index is 965. The lowest BCUT2D eigenvalue weighted by molar-refractivity contribution is 0.302. The van der Waals surface area contributed by atoms with Gasteiger partial charge in [0.1, 0.15) is 36.2 Å². The molecule has 3 heterocycles.